The molecule has 4 aliphatic rings. The van der Waals surface area contributed by atoms with Crippen LogP contribution in [0.1, 0.15) is 64.7 Å². The van der Waals surface area contributed by atoms with E-state index in [0.717, 1.165) is 30.6 Å². The molecule has 0 aromatic carbocycles. The Balaban J connectivity index is 1.57. The summed E-state index contributed by atoms with van der Waals surface area (Å²) in [6.07, 6.45) is 11.1. The Morgan fingerprint density at radius 3 is 2.17 bits per heavy atom. The van der Waals surface area contributed by atoms with Crippen LogP contribution in [-0.4, -0.2) is 12.6 Å². The van der Waals surface area contributed by atoms with Crippen LogP contribution in [0.15, 0.2) is 0 Å². The van der Waals surface area contributed by atoms with E-state index in [1.165, 1.54) is 38.5 Å². The number of hydrogen-bond acceptors (Lipinski definition) is 2. The van der Waals surface area contributed by atoms with Crippen LogP contribution in [0.5, 0.6) is 0 Å². The number of ether oxygens (including phenoxy) is 1. The number of carbonyl (C=O) groups is 1. The number of esters is 1. The van der Waals surface area contributed by atoms with Crippen LogP contribution in [0.2, 0.25) is 0 Å². The third-order valence-corrected chi connectivity index (χ3v) is 5.45. The topological polar surface area (TPSA) is 26.3 Å². The van der Waals surface area contributed by atoms with Crippen LogP contribution in [-0.2, 0) is 9.53 Å². The van der Waals surface area contributed by atoms with E-state index in [1.54, 1.807) is 0 Å². The Morgan fingerprint density at radius 2 is 1.67 bits per heavy atom. The molecule has 0 heterocycles. The van der Waals surface area contributed by atoms with Gasteiger partial charge in [0.1, 0.15) is 0 Å². The maximum Gasteiger partial charge on any atom is 0.306 e. The number of hydrogen-bond donors (Lipinski definition) is 0. The lowest BCUT2D eigenvalue weighted by Crippen LogP contribution is -2.47. The van der Waals surface area contributed by atoms with Crippen molar-refractivity contribution in [3.05, 3.63) is 0 Å². The molecule has 4 fully saturated rings. The molecule has 0 aromatic heterocycles. The molecule has 0 spiro atoms. The second-order valence-electron chi connectivity index (χ2n) is 7.17. The first-order valence-corrected chi connectivity index (χ1v) is 7.85. The Morgan fingerprint density at radius 1 is 1.11 bits per heavy atom. The molecule has 0 unspecified atom stereocenters. The lowest BCUT2D eigenvalue weighted by molar-refractivity contribution is -0.152. The summed E-state index contributed by atoms with van der Waals surface area (Å²) in [5, 5.41) is 0. The highest BCUT2D eigenvalue weighted by molar-refractivity contribution is 5.70. The third-order valence-electron chi connectivity index (χ3n) is 5.45. The maximum absolute atomic E-state index is 12.0. The lowest BCUT2D eigenvalue weighted by atomic mass is 9.49. The standard InChI is InChI=1S/C16H26O2/c1-2-3-4-18-15(17)11-16-8-12-5-13(9-16)7-14(6-12)10-16/h12-14H,2-11H2,1H3. The summed E-state index contributed by atoms with van der Waals surface area (Å²) in [5.74, 6) is 2.87. The Labute approximate surface area is 110 Å². The van der Waals surface area contributed by atoms with E-state index in [2.05, 4.69) is 6.92 Å². The minimum Gasteiger partial charge on any atom is -0.466 e. The summed E-state index contributed by atoms with van der Waals surface area (Å²) in [7, 11) is 0. The van der Waals surface area contributed by atoms with Crippen molar-refractivity contribution < 1.29 is 9.53 Å². The molecule has 0 aliphatic heterocycles. The molecule has 4 rings (SSSR count). The molecule has 4 saturated carbocycles. The van der Waals surface area contributed by atoms with Crippen molar-refractivity contribution in [2.24, 2.45) is 23.2 Å². The van der Waals surface area contributed by atoms with E-state index in [0.29, 0.717) is 18.4 Å². The molecule has 0 amide bonds. The van der Waals surface area contributed by atoms with Gasteiger partial charge in [0, 0.05) is 0 Å². The molecule has 18 heavy (non-hydrogen) atoms. The maximum atomic E-state index is 12.0. The molecular formula is C16H26O2. The third kappa shape index (κ3) is 2.44. The minimum absolute atomic E-state index is 0.0744. The van der Waals surface area contributed by atoms with E-state index in [9.17, 15) is 4.79 Å². The van der Waals surface area contributed by atoms with Gasteiger partial charge in [-0.2, -0.15) is 0 Å². The minimum atomic E-state index is 0.0744. The fourth-order valence-corrected chi connectivity index (χ4v) is 5.19. The van der Waals surface area contributed by atoms with Gasteiger partial charge >= 0.3 is 5.97 Å². The average molecular weight is 250 g/mol. The summed E-state index contributed by atoms with van der Waals surface area (Å²) in [6.45, 7) is 2.76. The van der Waals surface area contributed by atoms with Gasteiger partial charge in [0.2, 0.25) is 0 Å². The van der Waals surface area contributed by atoms with Crippen LogP contribution < -0.4 is 0 Å². The lowest BCUT2D eigenvalue weighted by Gasteiger charge is -2.56. The molecular weight excluding hydrogens is 224 g/mol. The SMILES string of the molecule is CCCCOC(=O)CC12CC3CC(CC(C3)C1)C2. The second-order valence-corrected chi connectivity index (χ2v) is 7.17. The largest absolute Gasteiger partial charge is 0.466 e. The highest BCUT2D eigenvalue weighted by atomic mass is 16.5. The van der Waals surface area contributed by atoms with Crippen LogP contribution in [0.25, 0.3) is 0 Å². The van der Waals surface area contributed by atoms with Gasteiger partial charge in [-0.25, -0.2) is 0 Å². The predicted molar refractivity (Wildman–Crippen MR) is 71.1 cm³/mol. The van der Waals surface area contributed by atoms with Crippen LogP contribution in [0.3, 0.4) is 0 Å². The summed E-state index contributed by atoms with van der Waals surface area (Å²) < 4.78 is 5.38. The molecule has 4 aliphatic carbocycles. The first-order chi connectivity index (χ1) is 8.69. The van der Waals surface area contributed by atoms with Gasteiger partial charge in [-0.1, -0.05) is 13.3 Å². The first-order valence-electron chi connectivity index (χ1n) is 7.85. The van der Waals surface area contributed by atoms with E-state index in [1.807, 2.05) is 0 Å². The van der Waals surface area contributed by atoms with Crippen molar-refractivity contribution in [3.8, 4) is 0 Å². The highest BCUT2D eigenvalue weighted by Crippen LogP contribution is 2.61. The molecule has 2 heteroatoms. The van der Waals surface area contributed by atoms with Crippen molar-refractivity contribution in [3.63, 3.8) is 0 Å². The Kier molecular flexibility index (Phi) is 3.38. The van der Waals surface area contributed by atoms with Crippen molar-refractivity contribution in [2.75, 3.05) is 6.61 Å². The first kappa shape index (κ1) is 12.5. The summed E-state index contributed by atoms with van der Waals surface area (Å²) in [4.78, 5) is 12.0. The van der Waals surface area contributed by atoms with E-state index < -0.39 is 0 Å². The second kappa shape index (κ2) is 4.86. The van der Waals surface area contributed by atoms with Gasteiger partial charge in [0.05, 0.1) is 13.0 Å². The number of unbranched alkanes of at least 4 members (excludes halogenated alkanes) is 1. The average Bonchev–Trinajstić information content (AvgIpc) is 2.26. The zero-order valence-electron chi connectivity index (χ0n) is 11.6. The number of carbonyl (C=O) groups excluding carboxylic acids is 1. The Bertz CT molecular complexity index is 286. The molecule has 0 N–H and O–H groups in total. The predicted octanol–water partition coefficient (Wildman–Crippen LogP) is 3.94. The molecule has 0 aromatic rings. The van der Waals surface area contributed by atoms with Crippen LogP contribution >= 0.6 is 0 Å². The molecule has 0 atom stereocenters. The molecule has 4 bridgehead atoms. The molecule has 102 valence electrons. The normalized spacial score (nSPS) is 41.1. The smallest absolute Gasteiger partial charge is 0.306 e. The van der Waals surface area contributed by atoms with E-state index >= 15 is 0 Å². The summed E-state index contributed by atoms with van der Waals surface area (Å²) >= 11 is 0. The fourth-order valence-electron chi connectivity index (χ4n) is 5.19. The van der Waals surface area contributed by atoms with Crippen molar-refractivity contribution >= 4 is 5.97 Å². The zero-order valence-corrected chi connectivity index (χ0v) is 11.6. The summed E-state index contributed by atoms with van der Waals surface area (Å²) in [5.41, 5.74) is 0.345. The van der Waals surface area contributed by atoms with Gasteiger partial charge in [-0.15, -0.1) is 0 Å². The Hall–Kier alpha value is -0.530. The zero-order chi connectivity index (χ0) is 12.6. The van der Waals surface area contributed by atoms with Crippen molar-refractivity contribution in [1.29, 1.82) is 0 Å². The molecule has 2 nitrogen and oxygen atoms in total. The summed E-state index contributed by atoms with van der Waals surface area (Å²) in [6, 6.07) is 0. The van der Waals surface area contributed by atoms with E-state index in [4.69, 9.17) is 4.74 Å². The fraction of sp³-hybridized carbons (Fsp3) is 0.938. The van der Waals surface area contributed by atoms with Gasteiger partial charge in [-0.05, 0) is 68.1 Å². The highest BCUT2D eigenvalue weighted by Gasteiger charge is 2.51. The number of rotatable bonds is 5. The van der Waals surface area contributed by atoms with Gasteiger partial charge in [0.25, 0.3) is 0 Å². The molecule has 0 radical (unpaired) electrons. The monoisotopic (exact) mass is 250 g/mol. The van der Waals surface area contributed by atoms with Crippen molar-refractivity contribution in [2.45, 2.75) is 64.7 Å². The van der Waals surface area contributed by atoms with Gasteiger partial charge in [0.15, 0.2) is 0 Å². The van der Waals surface area contributed by atoms with Crippen molar-refractivity contribution in [1.82, 2.24) is 0 Å². The van der Waals surface area contributed by atoms with Crippen LogP contribution in [0, 0.1) is 23.2 Å². The quantitative estimate of drug-likeness (QED) is 0.546. The molecule has 0 saturated heterocycles. The van der Waals surface area contributed by atoms with Gasteiger partial charge in [-0.3, -0.25) is 4.79 Å². The van der Waals surface area contributed by atoms with Crippen LogP contribution in [0.4, 0.5) is 0 Å². The van der Waals surface area contributed by atoms with Gasteiger partial charge < -0.3 is 4.74 Å². The van der Waals surface area contributed by atoms with E-state index in [-0.39, 0.29) is 5.97 Å².